The summed E-state index contributed by atoms with van der Waals surface area (Å²) in [6, 6.07) is 12.0. The van der Waals surface area contributed by atoms with Crippen molar-refractivity contribution in [3.05, 3.63) is 42.5 Å². The molecule has 0 atom stereocenters. The molecule has 0 amide bonds. The average molecular weight is 502 g/mol. The number of ether oxygens (including phenoxy) is 2. The Hall–Kier alpha value is -2.90. The molecule has 1 heterocycles. The smallest absolute Gasteiger partial charge is 0.490 e. The molecule has 0 bridgehead atoms. The Balaban J connectivity index is 1.52. The van der Waals surface area contributed by atoms with Gasteiger partial charge < -0.3 is 19.4 Å². The molecule has 2 aliphatic carbocycles. The van der Waals surface area contributed by atoms with E-state index in [1.54, 1.807) is 12.1 Å². The van der Waals surface area contributed by atoms with E-state index in [9.17, 15) is 13.2 Å². The fourth-order valence-electron chi connectivity index (χ4n) is 6.12. The Morgan fingerprint density at radius 2 is 1.58 bits per heavy atom. The van der Waals surface area contributed by atoms with Gasteiger partial charge in [0.15, 0.2) is 0 Å². The molecule has 5 nitrogen and oxygen atoms in total. The van der Waals surface area contributed by atoms with Crippen molar-refractivity contribution in [2.45, 2.75) is 84.7 Å². The van der Waals surface area contributed by atoms with Gasteiger partial charge >= 0.3 is 6.36 Å². The molecule has 0 saturated heterocycles. The van der Waals surface area contributed by atoms with Gasteiger partial charge in [0, 0.05) is 17.8 Å². The molecule has 2 aromatic carbocycles. The maximum atomic E-state index is 12.6. The van der Waals surface area contributed by atoms with E-state index in [4.69, 9.17) is 9.72 Å². The van der Waals surface area contributed by atoms with Crippen LogP contribution in [0, 0.1) is 10.8 Å². The number of hydrogen-bond donors (Lipinski definition) is 1. The molecule has 194 valence electrons. The van der Waals surface area contributed by atoms with Gasteiger partial charge in [0.1, 0.15) is 11.5 Å². The third-order valence-corrected chi connectivity index (χ3v) is 7.26. The Bertz CT molecular complexity index is 1210. The molecule has 8 heteroatoms. The molecule has 0 aliphatic heterocycles. The third kappa shape index (κ3) is 5.57. The maximum Gasteiger partial charge on any atom is 0.573 e. The van der Waals surface area contributed by atoms with Gasteiger partial charge in [-0.15, -0.1) is 13.2 Å². The van der Waals surface area contributed by atoms with E-state index in [0.717, 1.165) is 48.9 Å². The lowest BCUT2D eigenvalue weighted by Gasteiger charge is -2.45. The minimum absolute atomic E-state index is 0.164. The van der Waals surface area contributed by atoms with E-state index in [-0.39, 0.29) is 28.7 Å². The maximum absolute atomic E-state index is 12.6. The molecule has 2 aliphatic rings. The van der Waals surface area contributed by atoms with Gasteiger partial charge in [-0.1, -0.05) is 27.7 Å². The topological polar surface area (TPSA) is 48.3 Å². The number of alkyl halides is 3. The molecule has 2 saturated carbocycles. The molecule has 2 fully saturated rings. The van der Waals surface area contributed by atoms with Crippen molar-refractivity contribution in [1.82, 2.24) is 9.55 Å². The van der Waals surface area contributed by atoms with Crippen molar-refractivity contribution in [2.75, 3.05) is 5.32 Å². The number of imidazole rings is 1. The SMILES string of the molecule is CC1(C)CC(n2c(Nc3ccc(OC(F)(F)F)cc3)nc3ccc(OC4CCC4)cc32)CC(C)(C)C1. The molecule has 0 spiro atoms. The highest BCUT2D eigenvalue weighted by Gasteiger charge is 2.40. The van der Waals surface area contributed by atoms with Crippen molar-refractivity contribution in [1.29, 1.82) is 0 Å². The van der Waals surface area contributed by atoms with Crippen molar-refractivity contribution >= 4 is 22.7 Å². The van der Waals surface area contributed by atoms with Crippen LogP contribution in [0.4, 0.5) is 24.8 Å². The highest BCUT2D eigenvalue weighted by Crippen LogP contribution is 2.51. The molecular weight excluding hydrogens is 467 g/mol. The molecule has 1 aromatic heterocycles. The molecular formula is C28H34F3N3O2. The first-order chi connectivity index (χ1) is 16.9. The largest absolute Gasteiger partial charge is 0.573 e. The van der Waals surface area contributed by atoms with Crippen LogP contribution in [-0.4, -0.2) is 22.0 Å². The lowest BCUT2D eigenvalue weighted by molar-refractivity contribution is -0.274. The summed E-state index contributed by atoms with van der Waals surface area (Å²) in [4.78, 5) is 4.90. The first kappa shape index (κ1) is 24.8. The second kappa shape index (κ2) is 8.89. The van der Waals surface area contributed by atoms with E-state index in [2.05, 4.69) is 48.4 Å². The fourth-order valence-corrected chi connectivity index (χ4v) is 6.12. The molecule has 1 N–H and O–H groups in total. The summed E-state index contributed by atoms with van der Waals surface area (Å²) in [5, 5.41) is 3.36. The fraction of sp³-hybridized carbons (Fsp3) is 0.536. The van der Waals surface area contributed by atoms with Crippen LogP contribution in [0.1, 0.15) is 72.3 Å². The van der Waals surface area contributed by atoms with Gasteiger partial charge in [0.2, 0.25) is 5.95 Å². The van der Waals surface area contributed by atoms with E-state index in [1.165, 1.54) is 18.6 Å². The zero-order valence-electron chi connectivity index (χ0n) is 21.3. The van der Waals surface area contributed by atoms with E-state index < -0.39 is 6.36 Å². The number of aromatic nitrogens is 2. The second-order valence-corrected chi connectivity index (χ2v) is 11.9. The number of anilines is 2. The van der Waals surface area contributed by atoms with Gasteiger partial charge in [0.25, 0.3) is 0 Å². The minimum Gasteiger partial charge on any atom is -0.490 e. The van der Waals surface area contributed by atoms with Crippen molar-refractivity contribution in [3.63, 3.8) is 0 Å². The van der Waals surface area contributed by atoms with Crippen molar-refractivity contribution in [2.24, 2.45) is 10.8 Å². The van der Waals surface area contributed by atoms with Gasteiger partial charge in [-0.3, -0.25) is 0 Å². The predicted octanol–water partition coefficient (Wildman–Crippen LogP) is 8.39. The highest BCUT2D eigenvalue weighted by molar-refractivity contribution is 5.81. The monoisotopic (exact) mass is 501 g/mol. The Morgan fingerprint density at radius 3 is 2.17 bits per heavy atom. The lowest BCUT2D eigenvalue weighted by atomic mass is 9.63. The van der Waals surface area contributed by atoms with Crippen molar-refractivity contribution in [3.8, 4) is 11.5 Å². The molecule has 0 radical (unpaired) electrons. The summed E-state index contributed by atoms with van der Waals surface area (Å²) in [6.07, 6.45) is 2.09. The Morgan fingerprint density at radius 1 is 0.944 bits per heavy atom. The van der Waals surface area contributed by atoms with Gasteiger partial charge in [-0.05, 0) is 85.8 Å². The quantitative estimate of drug-likeness (QED) is 0.368. The zero-order valence-corrected chi connectivity index (χ0v) is 21.3. The van der Waals surface area contributed by atoms with Crippen LogP contribution in [0.5, 0.6) is 11.5 Å². The number of nitrogens with zero attached hydrogens (tertiary/aromatic N) is 2. The van der Waals surface area contributed by atoms with Crippen LogP contribution in [0.15, 0.2) is 42.5 Å². The number of rotatable bonds is 6. The second-order valence-electron chi connectivity index (χ2n) is 11.9. The number of halogens is 3. The van der Waals surface area contributed by atoms with Gasteiger partial charge in [-0.2, -0.15) is 0 Å². The number of fused-ring (bicyclic) bond motifs is 1. The first-order valence-electron chi connectivity index (χ1n) is 12.7. The third-order valence-electron chi connectivity index (χ3n) is 7.26. The summed E-state index contributed by atoms with van der Waals surface area (Å²) in [7, 11) is 0. The van der Waals surface area contributed by atoms with E-state index >= 15 is 0 Å². The van der Waals surface area contributed by atoms with Crippen LogP contribution < -0.4 is 14.8 Å². The minimum atomic E-state index is -4.72. The van der Waals surface area contributed by atoms with Crippen LogP contribution in [0.3, 0.4) is 0 Å². The zero-order chi connectivity index (χ0) is 25.7. The lowest BCUT2D eigenvalue weighted by Crippen LogP contribution is -2.35. The predicted molar refractivity (Wildman–Crippen MR) is 135 cm³/mol. The highest BCUT2D eigenvalue weighted by atomic mass is 19.4. The van der Waals surface area contributed by atoms with Gasteiger partial charge in [-0.25, -0.2) is 4.98 Å². The first-order valence-corrected chi connectivity index (χ1v) is 12.7. The standard InChI is InChI=1S/C28H34F3N3O2/c1-26(2)15-19(16-27(3,4)17-26)34-24-14-22(35-20-6-5-7-20)12-13-23(24)33-25(34)32-18-8-10-21(11-9-18)36-28(29,30)31/h8-14,19-20H,5-7,15-17H2,1-4H3,(H,32,33). The Labute approximate surface area is 210 Å². The average Bonchev–Trinajstić information content (AvgIpc) is 3.06. The number of nitrogens with one attached hydrogen (secondary N) is 1. The molecule has 36 heavy (non-hydrogen) atoms. The summed E-state index contributed by atoms with van der Waals surface area (Å²) in [5.41, 5.74) is 2.83. The van der Waals surface area contributed by atoms with Crippen LogP contribution in [-0.2, 0) is 0 Å². The van der Waals surface area contributed by atoms with Gasteiger partial charge in [0.05, 0.1) is 17.1 Å². The molecule has 5 rings (SSSR count). The van der Waals surface area contributed by atoms with Crippen LogP contribution >= 0.6 is 0 Å². The summed E-state index contributed by atoms with van der Waals surface area (Å²) < 4.78 is 50.2. The molecule has 3 aromatic rings. The Kier molecular flexibility index (Phi) is 6.12. The molecule has 0 unspecified atom stereocenters. The van der Waals surface area contributed by atoms with Crippen molar-refractivity contribution < 1.29 is 22.6 Å². The summed E-state index contributed by atoms with van der Waals surface area (Å²) in [6.45, 7) is 9.27. The van der Waals surface area contributed by atoms with E-state index in [0.29, 0.717) is 11.6 Å². The summed E-state index contributed by atoms with van der Waals surface area (Å²) in [5.74, 6) is 1.27. The van der Waals surface area contributed by atoms with Crippen LogP contribution in [0.25, 0.3) is 11.0 Å². The van der Waals surface area contributed by atoms with E-state index in [1.807, 2.05) is 12.1 Å². The number of hydrogen-bond acceptors (Lipinski definition) is 4. The number of benzene rings is 2. The normalized spacial score (nSPS) is 20.2. The van der Waals surface area contributed by atoms with Crippen LogP contribution in [0.2, 0.25) is 0 Å². The summed E-state index contributed by atoms with van der Waals surface area (Å²) >= 11 is 0.